The number of methoxy groups -OCH3 is 1. The van der Waals surface area contributed by atoms with Gasteiger partial charge in [-0.05, 0) is 29.8 Å². The van der Waals surface area contributed by atoms with Gasteiger partial charge in [0.15, 0.2) is 0 Å². The molecule has 0 aliphatic carbocycles. The topological polar surface area (TPSA) is 92.5 Å². The average molecular weight is 325 g/mol. The number of carboxylic acid groups (broad SMARTS) is 1. The SMILES string of the molecule is COc1ccc(Cc2ccc(-c3c[nH]cc(C(=O)O)c3=O)o2)cc1. The maximum absolute atomic E-state index is 12.2. The summed E-state index contributed by atoms with van der Waals surface area (Å²) in [5.41, 5.74) is 0.327. The van der Waals surface area contributed by atoms with Crippen molar-refractivity contribution in [1.82, 2.24) is 4.98 Å². The molecule has 0 spiro atoms. The highest BCUT2D eigenvalue weighted by Crippen LogP contribution is 2.22. The molecule has 2 aromatic heterocycles. The zero-order valence-corrected chi connectivity index (χ0v) is 12.9. The Morgan fingerprint density at radius 3 is 2.58 bits per heavy atom. The van der Waals surface area contributed by atoms with Crippen molar-refractivity contribution in [3.63, 3.8) is 0 Å². The molecule has 122 valence electrons. The number of carboxylic acids is 1. The summed E-state index contributed by atoms with van der Waals surface area (Å²) in [5.74, 6) is 0.511. The Morgan fingerprint density at radius 2 is 1.92 bits per heavy atom. The van der Waals surface area contributed by atoms with E-state index in [9.17, 15) is 9.59 Å². The Balaban J connectivity index is 1.87. The summed E-state index contributed by atoms with van der Waals surface area (Å²) in [6, 6.07) is 11.0. The number of hydrogen-bond acceptors (Lipinski definition) is 4. The standard InChI is InChI=1S/C18H15NO5/c1-23-12-4-2-11(3-5-12)8-13-6-7-16(24-13)14-9-19-10-15(17(14)20)18(21)22/h2-7,9-10H,8H2,1H3,(H,19,20)(H,21,22). The van der Waals surface area contributed by atoms with E-state index in [-0.39, 0.29) is 11.1 Å². The molecule has 6 heteroatoms. The van der Waals surface area contributed by atoms with Crippen LogP contribution in [-0.4, -0.2) is 23.2 Å². The van der Waals surface area contributed by atoms with Crippen LogP contribution in [0.4, 0.5) is 0 Å². The molecule has 2 heterocycles. The number of nitrogens with one attached hydrogen (secondary N) is 1. The Hall–Kier alpha value is -3.28. The van der Waals surface area contributed by atoms with Crippen LogP contribution < -0.4 is 10.2 Å². The lowest BCUT2D eigenvalue weighted by molar-refractivity contribution is 0.0695. The summed E-state index contributed by atoms with van der Waals surface area (Å²) in [5, 5.41) is 9.02. The zero-order chi connectivity index (χ0) is 17.1. The van der Waals surface area contributed by atoms with E-state index in [1.807, 2.05) is 24.3 Å². The molecule has 0 radical (unpaired) electrons. The highest BCUT2D eigenvalue weighted by atomic mass is 16.5. The van der Waals surface area contributed by atoms with Crippen molar-refractivity contribution in [2.24, 2.45) is 0 Å². The molecule has 24 heavy (non-hydrogen) atoms. The van der Waals surface area contributed by atoms with Gasteiger partial charge in [0.1, 0.15) is 22.8 Å². The lowest BCUT2D eigenvalue weighted by Gasteiger charge is -2.02. The first-order chi connectivity index (χ1) is 11.6. The number of ether oxygens (including phenoxy) is 1. The largest absolute Gasteiger partial charge is 0.497 e. The fraction of sp³-hybridized carbons (Fsp3) is 0.111. The fourth-order valence-corrected chi connectivity index (χ4v) is 2.39. The van der Waals surface area contributed by atoms with Crippen molar-refractivity contribution in [1.29, 1.82) is 0 Å². The zero-order valence-electron chi connectivity index (χ0n) is 12.9. The van der Waals surface area contributed by atoms with Crippen LogP contribution in [0.15, 0.2) is 58.0 Å². The minimum Gasteiger partial charge on any atom is -0.497 e. The van der Waals surface area contributed by atoms with E-state index in [4.69, 9.17) is 14.3 Å². The first-order valence-electron chi connectivity index (χ1n) is 7.25. The molecule has 0 atom stereocenters. The Labute approximate surface area is 137 Å². The number of aromatic nitrogens is 1. The third-order valence-electron chi connectivity index (χ3n) is 3.64. The third kappa shape index (κ3) is 3.08. The van der Waals surface area contributed by atoms with Crippen molar-refractivity contribution in [2.45, 2.75) is 6.42 Å². The molecule has 0 saturated heterocycles. The monoisotopic (exact) mass is 325 g/mol. The number of furan rings is 1. The van der Waals surface area contributed by atoms with Crippen LogP contribution in [0.2, 0.25) is 0 Å². The number of aromatic carboxylic acids is 1. The van der Waals surface area contributed by atoms with Gasteiger partial charge in [-0.3, -0.25) is 4.79 Å². The molecule has 0 amide bonds. The second kappa shape index (κ2) is 6.45. The molecule has 0 aliphatic rings. The molecule has 3 aromatic rings. The number of pyridine rings is 1. The predicted octanol–water partition coefficient (Wildman–Crippen LogP) is 2.93. The van der Waals surface area contributed by atoms with Gasteiger partial charge < -0.3 is 19.2 Å². The quantitative estimate of drug-likeness (QED) is 0.752. The van der Waals surface area contributed by atoms with E-state index in [0.29, 0.717) is 17.9 Å². The summed E-state index contributed by atoms with van der Waals surface area (Å²) in [6.07, 6.45) is 3.15. The van der Waals surface area contributed by atoms with Crippen LogP contribution in [0.1, 0.15) is 21.7 Å². The molecule has 0 bridgehead atoms. The minimum atomic E-state index is -1.27. The molecule has 3 rings (SSSR count). The molecular formula is C18H15NO5. The second-order valence-corrected chi connectivity index (χ2v) is 5.21. The summed E-state index contributed by atoms with van der Waals surface area (Å²) in [6.45, 7) is 0. The Morgan fingerprint density at radius 1 is 1.17 bits per heavy atom. The summed E-state index contributed by atoms with van der Waals surface area (Å²) >= 11 is 0. The summed E-state index contributed by atoms with van der Waals surface area (Å²) < 4.78 is 10.8. The van der Waals surface area contributed by atoms with Crippen molar-refractivity contribution in [2.75, 3.05) is 7.11 Å². The first kappa shape index (κ1) is 15.6. The minimum absolute atomic E-state index is 0.191. The normalized spacial score (nSPS) is 10.5. The molecular weight excluding hydrogens is 310 g/mol. The number of H-pyrrole nitrogens is 1. The maximum Gasteiger partial charge on any atom is 0.341 e. The number of rotatable bonds is 5. The van der Waals surface area contributed by atoms with E-state index < -0.39 is 11.4 Å². The van der Waals surface area contributed by atoms with Gasteiger partial charge in [0.25, 0.3) is 0 Å². The van der Waals surface area contributed by atoms with Gasteiger partial charge in [-0.1, -0.05) is 12.1 Å². The predicted molar refractivity (Wildman–Crippen MR) is 87.5 cm³/mol. The van der Waals surface area contributed by atoms with Crippen LogP contribution >= 0.6 is 0 Å². The van der Waals surface area contributed by atoms with Crippen LogP contribution in [0.25, 0.3) is 11.3 Å². The van der Waals surface area contributed by atoms with Gasteiger partial charge in [0.05, 0.1) is 12.7 Å². The highest BCUT2D eigenvalue weighted by Gasteiger charge is 2.15. The van der Waals surface area contributed by atoms with Gasteiger partial charge in [-0.25, -0.2) is 4.79 Å². The molecule has 0 aliphatic heterocycles. The summed E-state index contributed by atoms with van der Waals surface area (Å²) in [4.78, 5) is 25.9. The smallest absolute Gasteiger partial charge is 0.341 e. The van der Waals surface area contributed by atoms with E-state index in [2.05, 4.69) is 4.98 Å². The second-order valence-electron chi connectivity index (χ2n) is 5.21. The first-order valence-corrected chi connectivity index (χ1v) is 7.25. The van der Waals surface area contributed by atoms with Gasteiger partial charge in [0.2, 0.25) is 5.43 Å². The molecule has 6 nitrogen and oxygen atoms in total. The van der Waals surface area contributed by atoms with Gasteiger partial charge >= 0.3 is 5.97 Å². The van der Waals surface area contributed by atoms with Crippen molar-refractivity contribution < 1.29 is 19.1 Å². The van der Waals surface area contributed by atoms with Crippen LogP contribution in [0.5, 0.6) is 5.75 Å². The Bertz CT molecular complexity index is 921. The highest BCUT2D eigenvalue weighted by molar-refractivity contribution is 5.88. The molecule has 2 N–H and O–H groups in total. The lowest BCUT2D eigenvalue weighted by Crippen LogP contribution is -2.16. The van der Waals surface area contributed by atoms with Gasteiger partial charge in [-0.15, -0.1) is 0 Å². The van der Waals surface area contributed by atoms with Gasteiger partial charge in [-0.2, -0.15) is 0 Å². The lowest BCUT2D eigenvalue weighted by atomic mass is 10.1. The van der Waals surface area contributed by atoms with Crippen molar-refractivity contribution in [3.8, 4) is 17.1 Å². The molecule has 0 saturated carbocycles. The third-order valence-corrected chi connectivity index (χ3v) is 3.64. The average Bonchev–Trinajstić information content (AvgIpc) is 3.03. The Kier molecular flexibility index (Phi) is 4.20. The number of carbonyl (C=O) groups is 1. The van der Waals surface area contributed by atoms with Crippen LogP contribution in [0, 0.1) is 0 Å². The maximum atomic E-state index is 12.2. The van der Waals surface area contributed by atoms with Crippen molar-refractivity contribution >= 4 is 5.97 Å². The van der Waals surface area contributed by atoms with E-state index in [0.717, 1.165) is 17.5 Å². The van der Waals surface area contributed by atoms with Crippen LogP contribution in [-0.2, 0) is 6.42 Å². The molecule has 0 fully saturated rings. The van der Waals surface area contributed by atoms with E-state index in [1.165, 1.54) is 6.20 Å². The number of hydrogen-bond donors (Lipinski definition) is 2. The van der Waals surface area contributed by atoms with E-state index >= 15 is 0 Å². The number of benzene rings is 1. The van der Waals surface area contributed by atoms with E-state index in [1.54, 1.807) is 19.2 Å². The van der Waals surface area contributed by atoms with Gasteiger partial charge in [0, 0.05) is 18.8 Å². The fourth-order valence-electron chi connectivity index (χ4n) is 2.39. The van der Waals surface area contributed by atoms with Crippen molar-refractivity contribution in [3.05, 3.63) is 75.9 Å². The molecule has 1 aromatic carbocycles. The summed E-state index contributed by atoms with van der Waals surface area (Å²) in [7, 11) is 1.61. The van der Waals surface area contributed by atoms with Crippen LogP contribution in [0.3, 0.4) is 0 Å². The molecule has 0 unspecified atom stereocenters. The number of aromatic amines is 1.